The maximum atomic E-state index is 12.5. The predicted molar refractivity (Wildman–Crippen MR) is 110 cm³/mol. The normalized spacial score (nSPS) is 15.2. The average molecular weight is 380 g/mol. The van der Waals surface area contributed by atoms with E-state index in [0.717, 1.165) is 47.7 Å². The molecule has 1 saturated heterocycles. The largest absolute Gasteiger partial charge is 0.353 e. The molecular formula is C21H28N6O. The van der Waals surface area contributed by atoms with Crippen molar-refractivity contribution >= 4 is 16.9 Å². The van der Waals surface area contributed by atoms with Crippen molar-refractivity contribution in [3.8, 4) is 5.82 Å². The molecule has 28 heavy (non-hydrogen) atoms. The Kier molecular flexibility index (Phi) is 5.43. The number of aromatic nitrogens is 4. The van der Waals surface area contributed by atoms with Gasteiger partial charge in [0, 0.05) is 31.2 Å². The maximum Gasteiger partial charge on any atom is 0.241 e. The zero-order valence-electron chi connectivity index (χ0n) is 16.7. The van der Waals surface area contributed by atoms with Gasteiger partial charge in [-0.3, -0.25) is 4.79 Å². The molecule has 4 rings (SSSR count). The van der Waals surface area contributed by atoms with Gasteiger partial charge in [-0.25, -0.2) is 9.67 Å². The van der Waals surface area contributed by atoms with E-state index >= 15 is 0 Å². The Morgan fingerprint density at radius 1 is 1.14 bits per heavy atom. The highest BCUT2D eigenvalue weighted by Crippen LogP contribution is 2.25. The number of carbonyl (C=O) groups is 1. The van der Waals surface area contributed by atoms with Crippen LogP contribution in [-0.4, -0.2) is 56.3 Å². The highest BCUT2D eigenvalue weighted by molar-refractivity contribution is 5.88. The number of hydrogen-bond donors (Lipinski definition) is 1. The molecule has 7 nitrogen and oxygen atoms in total. The van der Waals surface area contributed by atoms with Crippen molar-refractivity contribution in [2.75, 3.05) is 26.2 Å². The highest BCUT2D eigenvalue weighted by atomic mass is 16.2. The number of amides is 1. The van der Waals surface area contributed by atoms with E-state index in [1.807, 2.05) is 36.0 Å². The summed E-state index contributed by atoms with van der Waals surface area (Å²) in [5.41, 5.74) is 2.80. The second-order valence-electron chi connectivity index (χ2n) is 7.60. The molecular weight excluding hydrogens is 352 g/mol. The second kappa shape index (κ2) is 8.14. The van der Waals surface area contributed by atoms with Crippen molar-refractivity contribution in [2.45, 2.75) is 39.7 Å². The minimum Gasteiger partial charge on any atom is -0.353 e. The Hall–Kier alpha value is -2.67. The molecule has 1 aliphatic rings. The summed E-state index contributed by atoms with van der Waals surface area (Å²) in [6, 6.07) is 5.99. The summed E-state index contributed by atoms with van der Waals surface area (Å²) < 4.78 is 3.69. The fraction of sp³-hybridized carbons (Fsp3) is 0.476. The van der Waals surface area contributed by atoms with Crippen LogP contribution in [-0.2, 0) is 11.3 Å². The Bertz CT molecular complexity index is 953. The molecule has 0 spiro atoms. The molecule has 3 aromatic heterocycles. The molecule has 3 aromatic rings. The molecule has 148 valence electrons. The van der Waals surface area contributed by atoms with Gasteiger partial charge in [0.25, 0.3) is 0 Å². The number of nitrogens with zero attached hydrogens (tertiary/aromatic N) is 5. The molecule has 0 atom stereocenters. The first-order valence-electron chi connectivity index (χ1n) is 10.1. The van der Waals surface area contributed by atoms with Crippen LogP contribution < -0.4 is 5.32 Å². The summed E-state index contributed by atoms with van der Waals surface area (Å²) in [5.74, 6) is 0.785. The molecule has 0 aromatic carbocycles. The minimum atomic E-state index is -0.0265. The van der Waals surface area contributed by atoms with Gasteiger partial charge < -0.3 is 14.8 Å². The van der Waals surface area contributed by atoms with Crippen LogP contribution in [0, 0.1) is 13.8 Å². The summed E-state index contributed by atoms with van der Waals surface area (Å²) in [6.07, 6.45) is 7.78. The summed E-state index contributed by atoms with van der Waals surface area (Å²) in [7, 11) is 0. The first kappa shape index (κ1) is 18.7. The van der Waals surface area contributed by atoms with Gasteiger partial charge in [0.1, 0.15) is 6.54 Å². The third-order valence-corrected chi connectivity index (χ3v) is 5.35. The number of piperidine rings is 1. The number of nitrogens with one attached hydrogen (secondary N) is 1. The minimum absolute atomic E-state index is 0.0265. The van der Waals surface area contributed by atoms with Crippen LogP contribution in [0.25, 0.3) is 16.9 Å². The average Bonchev–Trinajstić information content (AvgIpc) is 3.31. The smallest absolute Gasteiger partial charge is 0.241 e. The van der Waals surface area contributed by atoms with E-state index < -0.39 is 0 Å². The van der Waals surface area contributed by atoms with Gasteiger partial charge in [-0.05, 0) is 63.5 Å². The topological polar surface area (TPSA) is 68.0 Å². The molecule has 1 aliphatic heterocycles. The van der Waals surface area contributed by atoms with Crippen molar-refractivity contribution < 1.29 is 4.79 Å². The predicted octanol–water partition coefficient (Wildman–Crippen LogP) is 2.44. The summed E-state index contributed by atoms with van der Waals surface area (Å²) >= 11 is 0. The standard InChI is InChI=1S/C21H28N6O/c1-16-14-17(2)23-20-19(16)21(26-11-6-7-12-26)24-27(20)15-18(28)22-8-13-25-9-4-3-5-10-25/h6-7,11-12,14H,3-5,8-10,13,15H2,1-2H3,(H,22,28). The molecule has 0 radical (unpaired) electrons. The molecule has 1 amide bonds. The van der Waals surface area contributed by atoms with Crippen LogP contribution in [0.3, 0.4) is 0 Å². The van der Waals surface area contributed by atoms with E-state index in [1.54, 1.807) is 4.68 Å². The van der Waals surface area contributed by atoms with Crippen molar-refractivity contribution in [3.63, 3.8) is 0 Å². The maximum absolute atomic E-state index is 12.5. The lowest BCUT2D eigenvalue weighted by Gasteiger charge is -2.26. The Morgan fingerprint density at radius 2 is 1.89 bits per heavy atom. The number of rotatable bonds is 6. The van der Waals surface area contributed by atoms with Gasteiger partial charge in [0.2, 0.25) is 5.91 Å². The van der Waals surface area contributed by atoms with E-state index in [2.05, 4.69) is 28.2 Å². The van der Waals surface area contributed by atoms with Gasteiger partial charge in [-0.1, -0.05) is 6.42 Å². The highest BCUT2D eigenvalue weighted by Gasteiger charge is 2.18. The molecule has 0 aliphatic carbocycles. The number of fused-ring (bicyclic) bond motifs is 1. The van der Waals surface area contributed by atoms with Crippen molar-refractivity contribution in [1.82, 2.24) is 29.5 Å². The zero-order valence-corrected chi connectivity index (χ0v) is 16.7. The number of hydrogen-bond acceptors (Lipinski definition) is 4. The van der Waals surface area contributed by atoms with Crippen LogP contribution in [0.4, 0.5) is 0 Å². The third-order valence-electron chi connectivity index (χ3n) is 5.35. The van der Waals surface area contributed by atoms with Crippen molar-refractivity contribution in [2.24, 2.45) is 0 Å². The van der Waals surface area contributed by atoms with E-state index in [4.69, 9.17) is 5.10 Å². The fourth-order valence-electron chi connectivity index (χ4n) is 3.99. The van der Waals surface area contributed by atoms with Crippen LogP contribution in [0.2, 0.25) is 0 Å². The molecule has 1 fully saturated rings. The summed E-state index contributed by atoms with van der Waals surface area (Å²) in [6.45, 7) is 8.08. The van der Waals surface area contributed by atoms with Gasteiger partial charge in [-0.15, -0.1) is 0 Å². The monoisotopic (exact) mass is 380 g/mol. The molecule has 0 unspecified atom stereocenters. The van der Waals surface area contributed by atoms with Gasteiger partial charge in [0.15, 0.2) is 11.5 Å². The summed E-state index contributed by atoms with van der Waals surface area (Å²) in [5, 5.41) is 8.75. The van der Waals surface area contributed by atoms with Crippen LogP contribution in [0.15, 0.2) is 30.6 Å². The van der Waals surface area contributed by atoms with Crippen molar-refractivity contribution in [3.05, 3.63) is 41.9 Å². The van der Waals surface area contributed by atoms with Gasteiger partial charge in [-0.2, -0.15) is 5.10 Å². The molecule has 7 heteroatoms. The molecule has 1 N–H and O–H groups in total. The van der Waals surface area contributed by atoms with E-state index in [9.17, 15) is 4.79 Å². The third kappa shape index (κ3) is 3.94. The molecule has 4 heterocycles. The lowest BCUT2D eigenvalue weighted by molar-refractivity contribution is -0.121. The number of carbonyl (C=O) groups excluding carboxylic acids is 1. The van der Waals surface area contributed by atoms with Gasteiger partial charge >= 0.3 is 0 Å². The first-order valence-corrected chi connectivity index (χ1v) is 10.1. The lowest BCUT2D eigenvalue weighted by Crippen LogP contribution is -2.38. The first-order chi connectivity index (χ1) is 13.6. The second-order valence-corrected chi connectivity index (χ2v) is 7.60. The van der Waals surface area contributed by atoms with E-state index in [-0.39, 0.29) is 12.5 Å². The van der Waals surface area contributed by atoms with E-state index in [1.165, 1.54) is 19.3 Å². The molecule has 0 saturated carbocycles. The van der Waals surface area contributed by atoms with Crippen LogP contribution >= 0.6 is 0 Å². The zero-order chi connectivity index (χ0) is 19.5. The molecule has 0 bridgehead atoms. The Morgan fingerprint density at radius 3 is 2.64 bits per heavy atom. The number of likely N-dealkylation sites (tertiary alicyclic amines) is 1. The number of pyridine rings is 1. The van der Waals surface area contributed by atoms with E-state index in [0.29, 0.717) is 6.54 Å². The Labute approximate surface area is 165 Å². The fourth-order valence-corrected chi connectivity index (χ4v) is 3.99. The summed E-state index contributed by atoms with van der Waals surface area (Å²) in [4.78, 5) is 19.6. The Balaban J connectivity index is 1.51. The lowest BCUT2D eigenvalue weighted by atomic mass is 10.1. The number of aryl methyl sites for hydroxylation is 2. The quantitative estimate of drug-likeness (QED) is 0.713. The van der Waals surface area contributed by atoms with Gasteiger partial charge in [0.05, 0.1) is 5.39 Å². The SMILES string of the molecule is Cc1cc(C)c2c(-n3cccc3)nn(CC(=O)NCCN3CCCCC3)c2n1. The van der Waals surface area contributed by atoms with Crippen LogP contribution in [0.1, 0.15) is 30.5 Å². The van der Waals surface area contributed by atoms with Crippen molar-refractivity contribution in [1.29, 1.82) is 0 Å². The van der Waals surface area contributed by atoms with Crippen LogP contribution in [0.5, 0.6) is 0 Å².